The molecule has 0 aliphatic carbocycles. The fourth-order valence-electron chi connectivity index (χ4n) is 3.32. The van der Waals surface area contributed by atoms with Gasteiger partial charge in [0.15, 0.2) is 0 Å². The van der Waals surface area contributed by atoms with Gasteiger partial charge >= 0.3 is 0 Å². The van der Waals surface area contributed by atoms with Crippen LogP contribution in [0.15, 0.2) is 48.7 Å². The lowest BCUT2D eigenvalue weighted by Crippen LogP contribution is -2.37. The molecule has 3 rings (SSSR count). The Morgan fingerprint density at radius 2 is 1.96 bits per heavy atom. The molecule has 138 valence electrons. The summed E-state index contributed by atoms with van der Waals surface area (Å²) in [5, 5.41) is 12.7. The van der Waals surface area contributed by atoms with E-state index in [1.165, 1.54) is 0 Å². The molecule has 0 radical (unpaired) electrons. The highest BCUT2D eigenvalue weighted by Crippen LogP contribution is 2.22. The molecule has 2 heterocycles. The van der Waals surface area contributed by atoms with Crippen molar-refractivity contribution in [1.29, 1.82) is 0 Å². The molecule has 1 saturated heterocycles. The lowest BCUT2D eigenvalue weighted by Gasteiger charge is -2.30. The van der Waals surface area contributed by atoms with Crippen molar-refractivity contribution in [2.75, 3.05) is 25.0 Å². The number of pyridine rings is 1. The maximum absolute atomic E-state index is 12.6. The molecule has 1 aliphatic heterocycles. The summed E-state index contributed by atoms with van der Waals surface area (Å²) in [5.74, 6) is 1.47. The SMILES string of the molecule is CC1CCN(C(=O)c2ccc(N[C@@H](CCO)c3ccccc3)nc2)CC1. The van der Waals surface area contributed by atoms with E-state index in [1.54, 1.807) is 6.20 Å². The molecule has 0 saturated carbocycles. The van der Waals surface area contributed by atoms with Crippen molar-refractivity contribution in [1.82, 2.24) is 9.88 Å². The Morgan fingerprint density at radius 3 is 2.58 bits per heavy atom. The van der Waals surface area contributed by atoms with Crippen molar-refractivity contribution in [2.45, 2.75) is 32.2 Å². The highest BCUT2D eigenvalue weighted by Gasteiger charge is 2.21. The van der Waals surface area contributed by atoms with E-state index in [1.807, 2.05) is 47.4 Å². The van der Waals surface area contributed by atoms with E-state index in [4.69, 9.17) is 0 Å². The van der Waals surface area contributed by atoms with Crippen LogP contribution in [0.2, 0.25) is 0 Å². The van der Waals surface area contributed by atoms with Gasteiger partial charge in [-0.1, -0.05) is 37.3 Å². The third kappa shape index (κ3) is 4.61. The fraction of sp³-hybridized carbons (Fsp3) is 0.429. The number of hydrogen-bond acceptors (Lipinski definition) is 4. The highest BCUT2D eigenvalue weighted by atomic mass is 16.3. The molecule has 0 bridgehead atoms. The van der Waals surface area contributed by atoms with Gasteiger partial charge in [0, 0.05) is 25.9 Å². The Labute approximate surface area is 155 Å². The average Bonchev–Trinajstić information content (AvgIpc) is 2.69. The molecule has 1 amide bonds. The van der Waals surface area contributed by atoms with E-state index < -0.39 is 0 Å². The van der Waals surface area contributed by atoms with Gasteiger partial charge in [0.05, 0.1) is 11.6 Å². The van der Waals surface area contributed by atoms with Gasteiger partial charge in [-0.3, -0.25) is 4.79 Å². The molecule has 5 nitrogen and oxygen atoms in total. The first-order valence-electron chi connectivity index (χ1n) is 9.35. The monoisotopic (exact) mass is 353 g/mol. The Kier molecular flexibility index (Phi) is 6.23. The zero-order valence-corrected chi connectivity index (χ0v) is 15.3. The average molecular weight is 353 g/mol. The van der Waals surface area contributed by atoms with E-state index in [-0.39, 0.29) is 18.6 Å². The molecule has 5 heteroatoms. The molecule has 1 fully saturated rings. The van der Waals surface area contributed by atoms with Crippen molar-refractivity contribution in [3.8, 4) is 0 Å². The van der Waals surface area contributed by atoms with Crippen molar-refractivity contribution < 1.29 is 9.90 Å². The van der Waals surface area contributed by atoms with Crippen LogP contribution in [0.4, 0.5) is 5.82 Å². The van der Waals surface area contributed by atoms with E-state index in [0.717, 1.165) is 31.5 Å². The number of rotatable bonds is 6. The van der Waals surface area contributed by atoms with Gasteiger partial charge in [-0.15, -0.1) is 0 Å². The minimum atomic E-state index is -0.0150. The quantitative estimate of drug-likeness (QED) is 0.834. The van der Waals surface area contributed by atoms with Crippen LogP contribution in [0.5, 0.6) is 0 Å². The summed E-state index contributed by atoms with van der Waals surface area (Å²) < 4.78 is 0. The zero-order valence-electron chi connectivity index (χ0n) is 15.3. The number of nitrogens with zero attached hydrogens (tertiary/aromatic N) is 2. The first-order chi connectivity index (χ1) is 12.7. The van der Waals surface area contributed by atoms with Gasteiger partial charge in [0.1, 0.15) is 5.82 Å². The Bertz CT molecular complexity index is 695. The molecule has 1 atom stereocenters. The number of nitrogens with one attached hydrogen (secondary N) is 1. The maximum atomic E-state index is 12.6. The Balaban J connectivity index is 1.65. The molecule has 0 unspecified atom stereocenters. The van der Waals surface area contributed by atoms with Crippen molar-refractivity contribution in [3.63, 3.8) is 0 Å². The predicted molar refractivity (Wildman–Crippen MR) is 103 cm³/mol. The third-order valence-corrected chi connectivity index (χ3v) is 5.02. The number of likely N-dealkylation sites (tertiary alicyclic amines) is 1. The summed E-state index contributed by atoms with van der Waals surface area (Å²) in [7, 11) is 0. The smallest absolute Gasteiger partial charge is 0.255 e. The van der Waals surface area contributed by atoms with E-state index in [9.17, 15) is 9.90 Å². The van der Waals surface area contributed by atoms with E-state index >= 15 is 0 Å². The first-order valence-corrected chi connectivity index (χ1v) is 9.35. The van der Waals surface area contributed by atoms with Gasteiger partial charge in [-0.25, -0.2) is 4.98 Å². The Hall–Kier alpha value is -2.40. The van der Waals surface area contributed by atoms with Crippen LogP contribution >= 0.6 is 0 Å². The van der Waals surface area contributed by atoms with Crippen LogP contribution in [0, 0.1) is 5.92 Å². The Morgan fingerprint density at radius 1 is 1.23 bits per heavy atom. The van der Waals surface area contributed by atoms with Crippen LogP contribution in [-0.2, 0) is 0 Å². The summed E-state index contributed by atoms with van der Waals surface area (Å²) in [6.07, 6.45) is 4.37. The van der Waals surface area contributed by atoms with Gasteiger partial charge in [-0.05, 0) is 42.9 Å². The summed E-state index contributed by atoms with van der Waals surface area (Å²) in [4.78, 5) is 18.9. The molecular weight excluding hydrogens is 326 g/mol. The number of anilines is 1. The van der Waals surface area contributed by atoms with Crippen LogP contribution in [-0.4, -0.2) is 40.6 Å². The second kappa shape index (κ2) is 8.81. The van der Waals surface area contributed by atoms with Crippen molar-refractivity contribution in [3.05, 3.63) is 59.8 Å². The normalized spacial score (nSPS) is 16.3. The molecule has 0 spiro atoms. The van der Waals surface area contributed by atoms with Crippen LogP contribution in [0.3, 0.4) is 0 Å². The van der Waals surface area contributed by atoms with Crippen molar-refractivity contribution in [2.24, 2.45) is 5.92 Å². The molecule has 2 N–H and O–H groups in total. The number of aromatic nitrogens is 1. The summed E-state index contributed by atoms with van der Waals surface area (Å²) in [6, 6.07) is 13.7. The molecule has 1 aromatic carbocycles. The van der Waals surface area contributed by atoms with Gasteiger partial charge in [-0.2, -0.15) is 0 Å². The number of carbonyl (C=O) groups is 1. The van der Waals surface area contributed by atoms with E-state index in [2.05, 4.69) is 17.2 Å². The second-order valence-corrected chi connectivity index (χ2v) is 7.03. The topological polar surface area (TPSA) is 65.5 Å². The number of aliphatic hydroxyl groups excluding tert-OH is 1. The van der Waals surface area contributed by atoms with Crippen LogP contribution in [0.25, 0.3) is 0 Å². The zero-order chi connectivity index (χ0) is 18.4. The molecular formula is C21H27N3O2. The highest BCUT2D eigenvalue weighted by molar-refractivity contribution is 5.94. The largest absolute Gasteiger partial charge is 0.396 e. The lowest BCUT2D eigenvalue weighted by atomic mass is 9.99. The number of piperidine rings is 1. The molecule has 26 heavy (non-hydrogen) atoms. The van der Waals surface area contributed by atoms with Gasteiger partial charge in [0.25, 0.3) is 5.91 Å². The van der Waals surface area contributed by atoms with Crippen LogP contribution < -0.4 is 5.32 Å². The minimum absolute atomic E-state index is 0.0150. The number of benzene rings is 1. The molecule has 2 aromatic rings. The lowest BCUT2D eigenvalue weighted by molar-refractivity contribution is 0.0697. The van der Waals surface area contributed by atoms with Gasteiger partial charge in [0.2, 0.25) is 0 Å². The van der Waals surface area contributed by atoms with Crippen molar-refractivity contribution >= 4 is 11.7 Å². The number of aliphatic hydroxyl groups is 1. The van der Waals surface area contributed by atoms with E-state index in [0.29, 0.717) is 23.7 Å². The van der Waals surface area contributed by atoms with Gasteiger partial charge < -0.3 is 15.3 Å². The second-order valence-electron chi connectivity index (χ2n) is 7.03. The number of hydrogen-bond donors (Lipinski definition) is 2. The minimum Gasteiger partial charge on any atom is -0.396 e. The number of amides is 1. The summed E-state index contributed by atoms with van der Waals surface area (Å²) in [5.41, 5.74) is 1.73. The molecule has 1 aromatic heterocycles. The molecule has 1 aliphatic rings. The number of carbonyl (C=O) groups excluding carboxylic acids is 1. The fourth-order valence-corrected chi connectivity index (χ4v) is 3.32. The maximum Gasteiger partial charge on any atom is 0.255 e. The first kappa shape index (κ1) is 18.4. The predicted octanol–water partition coefficient (Wildman–Crippen LogP) is 3.49. The third-order valence-electron chi connectivity index (χ3n) is 5.02. The standard InChI is InChI=1S/C21H27N3O2/c1-16-9-12-24(13-10-16)21(26)18-7-8-20(22-15-18)23-19(11-14-25)17-5-3-2-4-6-17/h2-8,15-16,19,25H,9-14H2,1H3,(H,22,23)/t19-/m0/s1. The summed E-state index contributed by atoms with van der Waals surface area (Å²) >= 11 is 0. The summed E-state index contributed by atoms with van der Waals surface area (Å²) in [6.45, 7) is 3.98. The van der Waals surface area contributed by atoms with Crippen LogP contribution in [0.1, 0.15) is 48.1 Å².